The first-order valence-corrected chi connectivity index (χ1v) is 9.93. The molecule has 0 fully saturated rings. The van der Waals surface area contributed by atoms with E-state index in [4.69, 9.17) is 4.74 Å². The van der Waals surface area contributed by atoms with Gasteiger partial charge >= 0.3 is 5.97 Å². The van der Waals surface area contributed by atoms with Crippen LogP contribution < -0.4 is 5.56 Å². The molecule has 1 atom stereocenters. The van der Waals surface area contributed by atoms with Gasteiger partial charge in [-0.2, -0.15) is 5.10 Å². The highest BCUT2D eigenvalue weighted by Gasteiger charge is 2.24. The highest BCUT2D eigenvalue weighted by atomic mass is 19.1. The first-order valence-electron chi connectivity index (χ1n) is 9.93. The number of nitrogens with zero attached hydrogens (tertiary/aromatic N) is 2. The Balaban J connectivity index is 1.89. The molecule has 3 aromatic rings. The number of benzene rings is 2. The third kappa shape index (κ3) is 4.62. The summed E-state index contributed by atoms with van der Waals surface area (Å²) < 4.78 is 19.7. The Morgan fingerprint density at radius 2 is 1.73 bits per heavy atom. The van der Waals surface area contributed by atoms with Crippen LogP contribution >= 0.6 is 0 Å². The highest BCUT2D eigenvalue weighted by molar-refractivity contribution is 6.05. The van der Waals surface area contributed by atoms with Crippen LogP contribution in [-0.2, 0) is 11.3 Å². The molecule has 3 rings (SSSR count). The molecule has 0 bridgehead atoms. The lowest BCUT2D eigenvalue weighted by atomic mass is 10.1. The first kappa shape index (κ1) is 21.4. The summed E-state index contributed by atoms with van der Waals surface area (Å²) in [7, 11) is 0. The van der Waals surface area contributed by atoms with E-state index in [0.29, 0.717) is 17.3 Å². The van der Waals surface area contributed by atoms with Gasteiger partial charge in [-0.3, -0.25) is 9.59 Å². The number of hydrogen-bond acceptors (Lipinski definition) is 5. The van der Waals surface area contributed by atoms with Gasteiger partial charge in [-0.05, 0) is 43.7 Å². The molecule has 2 aromatic carbocycles. The fourth-order valence-electron chi connectivity index (χ4n) is 3.17. The van der Waals surface area contributed by atoms with E-state index in [1.54, 1.807) is 24.3 Å². The third-order valence-electron chi connectivity index (χ3n) is 4.82. The standard InChI is InChI=1S/C23H23FN2O4/c1-3-4-7-14-26-22(28)19-9-6-5-8-18(19)20(25-26)23(29)30-15(2)21(27)16-10-12-17(24)13-11-16/h5-6,8-13,15H,3-4,7,14H2,1-2H3/t15-/m1/s1. The number of aryl methyl sites for hydroxylation is 1. The van der Waals surface area contributed by atoms with E-state index in [0.717, 1.165) is 19.3 Å². The summed E-state index contributed by atoms with van der Waals surface area (Å²) in [4.78, 5) is 38.1. The van der Waals surface area contributed by atoms with Crippen molar-refractivity contribution in [1.82, 2.24) is 9.78 Å². The van der Waals surface area contributed by atoms with Gasteiger partial charge in [-0.1, -0.05) is 38.0 Å². The predicted octanol–water partition coefficient (Wildman–Crippen LogP) is 4.15. The van der Waals surface area contributed by atoms with Crippen LogP contribution in [0.5, 0.6) is 0 Å². The van der Waals surface area contributed by atoms with Gasteiger partial charge in [-0.25, -0.2) is 13.9 Å². The van der Waals surface area contributed by atoms with Crippen LogP contribution in [0.1, 0.15) is 54.0 Å². The van der Waals surface area contributed by atoms with E-state index in [2.05, 4.69) is 12.0 Å². The first-order chi connectivity index (χ1) is 14.4. The third-order valence-corrected chi connectivity index (χ3v) is 4.82. The molecule has 0 N–H and O–H groups in total. The number of hydrogen-bond donors (Lipinski definition) is 0. The minimum absolute atomic E-state index is 0.0135. The van der Waals surface area contributed by atoms with Crippen LogP contribution in [-0.4, -0.2) is 27.6 Å². The van der Waals surface area contributed by atoms with Gasteiger partial charge in [0, 0.05) is 17.5 Å². The number of ether oxygens (including phenoxy) is 1. The fourth-order valence-corrected chi connectivity index (χ4v) is 3.17. The van der Waals surface area contributed by atoms with Gasteiger partial charge < -0.3 is 4.74 Å². The van der Waals surface area contributed by atoms with Crippen molar-refractivity contribution in [3.63, 3.8) is 0 Å². The molecule has 0 aliphatic rings. The quantitative estimate of drug-likeness (QED) is 0.317. The number of fused-ring (bicyclic) bond motifs is 1. The van der Waals surface area contributed by atoms with Crippen LogP contribution in [0.4, 0.5) is 4.39 Å². The van der Waals surface area contributed by atoms with E-state index < -0.39 is 23.7 Å². The summed E-state index contributed by atoms with van der Waals surface area (Å²) in [5, 5.41) is 4.98. The zero-order chi connectivity index (χ0) is 21.7. The van der Waals surface area contributed by atoms with Crippen LogP contribution in [0.2, 0.25) is 0 Å². The molecular formula is C23H23FN2O4. The normalized spacial score (nSPS) is 12.0. The second-order valence-corrected chi connectivity index (χ2v) is 7.05. The zero-order valence-corrected chi connectivity index (χ0v) is 16.9. The zero-order valence-electron chi connectivity index (χ0n) is 16.9. The maximum atomic E-state index is 13.1. The Morgan fingerprint density at radius 1 is 1.07 bits per heavy atom. The molecule has 1 heterocycles. The summed E-state index contributed by atoms with van der Waals surface area (Å²) in [5.74, 6) is -1.71. The Morgan fingerprint density at radius 3 is 2.40 bits per heavy atom. The van der Waals surface area contributed by atoms with Gasteiger partial charge in [0.15, 0.2) is 11.8 Å². The maximum Gasteiger partial charge on any atom is 0.360 e. The number of rotatable bonds is 8. The Hall–Kier alpha value is -3.35. The number of aromatic nitrogens is 2. The molecule has 1 aromatic heterocycles. The van der Waals surface area contributed by atoms with Crippen molar-refractivity contribution in [2.45, 2.75) is 45.8 Å². The van der Waals surface area contributed by atoms with Crippen molar-refractivity contribution in [2.24, 2.45) is 0 Å². The average molecular weight is 410 g/mol. The van der Waals surface area contributed by atoms with Gasteiger partial charge in [0.25, 0.3) is 5.56 Å². The molecule has 0 aliphatic carbocycles. The second kappa shape index (κ2) is 9.43. The summed E-state index contributed by atoms with van der Waals surface area (Å²) in [6.07, 6.45) is 1.59. The molecular weight excluding hydrogens is 387 g/mol. The van der Waals surface area contributed by atoms with Crippen molar-refractivity contribution >= 4 is 22.5 Å². The second-order valence-electron chi connectivity index (χ2n) is 7.05. The fraction of sp³-hybridized carbons (Fsp3) is 0.304. The summed E-state index contributed by atoms with van der Waals surface area (Å²) in [5.41, 5.74) is -0.0480. The summed E-state index contributed by atoms with van der Waals surface area (Å²) >= 11 is 0. The molecule has 30 heavy (non-hydrogen) atoms. The van der Waals surface area contributed by atoms with E-state index in [-0.39, 0.29) is 16.8 Å². The minimum atomic E-state index is -1.09. The lowest BCUT2D eigenvalue weighted by Gasteiger charge is -2.14. The Labute approximate surface area is 173 Å². The largest absolute Gasteiger partial charge is 0.449 e. The molecule has 0 saturated heterocycles. The molecule has 0 saturated carbocycles. The van der Waals surface area contributed by atoms with E-state index in [9.17, 15) is 18.8 Å². The van der Waals surface area contributed by atoms with Gasteiger partial charge in [0.2, 0.25) is 5.78 Å². The van der Waals surface area contributed by atoms with Crippen LogP contribution in [0.15, 0.2) is 53.3 Å². The van der Waals surface area contributed by atoms with Crippen LogP contribution in [0.3, 0.4) is 0 Å². The maximum absolute atomic E-state index is 13.1. The SMILES string of the molecule is CCCCCn1nc(C(=O)O[C@H](C)C(=O)c2ccc(F)cc2)c2ccccc2c1=O. The summed E-state index contributed by atoms with van der Waals surface area (Å²) in [6, 6.07) is 11.7. The van der Waals surface area contributed by atoms with Gasteiger partial charge in [0.1, 0.15) is 5.82 Å². The van der Waals surface area contributed by atoms with E-state index >= 15 is 0 Å². The molecule has 0 aliphatic heterocycles. The van der Waals surface area contributed by atoms with Crippen molar-refractivity contribution in [2.75, 3.05) is 0 Å². The van der Waals surface area contributed by atoms with Crippen molar-refractivity contribution < 1.29 is 18.7 Å². The number of halogens is 1. The topological polar surface area (TPSA) is 78.3 Å². The van der Waals surface area contributed by atoms with Crippen LogP contribution in [0, 0.1) is 5.82 Å². The lowest BCUT2D eigenvalue weighted by molar-refractivity contribution is 0.0312. The summed E-state index contributed by atoms with van der Waals surface area (Å²) in [6.45, 7) is 3.89. The number of esters is 1. The van der Waals surface area contributed by atoms with Crippen molar-refractivity contribution in [1.29, 1.82) is 0 Å². The number of Topliss-reactive ketones (excluding diaryl/α,β-unsaturated/α-hetero) is 1. The Bertz CT molecular complexity index is 1120. The molecule has 0 unspecified atom stereocenters. The molecule has 156 valence electrons. The average Bonchev–Trinajstić information content (AvgIpc) is 2.75. The molecule has 0 amide bonds. The monoisotopic (exact) mass is 410 g/mol. The predicted molar refractivity (Wildman–Crippen MR) is 111 cm³/mol. The Kier molecular flexibility index (Phi) is 6.72. The smallest absolute Gasteiger partial charge is 0.360 e. The number of unbranched alkanes of at least 4 members (excludes halogenated alkanes) is 2. The lowest BCUT2D eigenvalue weighted by Crippen LogP contribution is -2.29. The van der Waals surface area contributed by atoms with E-state index in [1.807, 2.05) is 0 Å². The highest BCUT2D eigenvalue weighted by Crippen LogP contribution is 2.16. The number of carbonyl (C=O) groups excluding carboxylic acids is 2. The molecule has 7 heteroatoms. The van der Waals surface area contributed by atoms with Crippen molar-refractivity contribution in [3.05, 3.63) is 76.0 Å². The number of carbonyl (C=O) groups is 2. The van der Waals surface area contributed by atoms with Crippen LogP contribution in [0.25, 0.3) is 10.8 Å². The van der Waals surface area contributed by atoms with Gasteiger partial charge in [0.05, 0.1) is 5.39 Å². The van der Waals surface area contributed by atoms with Gasteiger partial charge in [-0.15, -0.1) is 0 Å². The number of ketones is 1. The molecule has 0 radical (unpaired) electrons. The minimum Gasteiger partial charge on any atom is -0.449 e. The molecule has 6 nitrogen and oxygen atoms in total. The molecule has 0 spiro atoms. The van der Waals surface area contributed by atoms with E-state index in [1.165, 1.54) is 35.9 Å². The van der Waals surface area contributed by atoms with Crippen molar-refractivity contribution in [3.8, 4) is 0 Å².